The Kier molecular flexibility index (Phi) is 4.41. The summed E-state index contributed by atoms with van der Waals surface area (Å²) in [5.41, 5.74) is 0.716. The zero-order chi connectivity index (χ0) is 13.7. The molecule has 0 aliphatic carbocycles. The van der Waals surface area contributed by atoms with Crippen LogP contribution in [0.3, 0.4) is 0 Å². The molecule has 0 saturated heterocycles. The smallest absolute Gasteiger partial charge is 0.251 e. The minimum absolute atomic E-state index is 0.0407. The van der Waals surface area contributed by atoms with Crippen molar-refractivity contribution in [3.63, 3.8) is 0 Å². The first-order valence-electron chi connectivity index (χ1n) is 5.95. The largest absolute Gasteiger partial charge is 0.349 e. The summed E-state index contributed by atoms with van der Waals surface area (Å²) in [6.45, 7) is 1.96. The molecule has 19 heavy (non-hydrogen) atoms. The Morgan fingerprint density at radius 2 is 2.21 bits per heavy atom. The summed E-state index contributed by atoms with van der Waals surface area (Å²) in [5.74, 6) is -0.186. The Labute approximate surface area is 115 Å². The van der Waals surface area contributed by atoms with E-state index in [1.54, 1.807) is 29.5 Å². The van der Waals surface area contributed by atoms with Gasteiger partial charge in [0.25, 0.3) is 5.91 Å². The van der Waals surface area contributed by atoms with E-state index in [0.29, 0.717) is 5.56 Å². The molecule has 0 spiro atoms. The summed E-state index contributed by atoms with van der Waals surface area (Å²) in [6, 6.07) is 10.5. The van der Waals surface area contributed by atoms with Crippen molar-refractivity contribution in [3.05, 3.63) is 57.1 Å². The zero-order valence-electron chi connectivity index (χ0n) is 10.5. The van der Waals surface area contributed by atoms with Crippen molar-refractivity contribution < 1.29 is 4.79 Å². The summed E-state index contributed by atoms with van der Waals surface area (Å²) in [7, 11) is 0. The van der Waals surface area contributed by atoms with Crippen LogP contribution in [0.1, 0.15) is 22.2 Å². The molecule has 4 nitrogen and oxygen atoms in total. The van der Waals surface area contributed by atoms with Gasteiger partial charge in [0.15, 0.2) is 0 Å². The van der Waals surface area contributed by atoms with Gasteiger partial charge in [-0.25, -0.2) is 0 Å². The third-order valence-corrected chi connectivity index (χ3v) is 3.58. The predicted molar refractivity (Wildman–Crippen MR) is 76.8 cm³/mol. The highest BCUT2D eigenvalue weighted by Gasteiger charge is 2.11. The molecule has 0 aliphatic rings. The number of nitrogens with one attached hydrogen (secondary N) is 1. The summed E-state index contributed by atoms with van der Waals surface area (Å²) in [4.78, 5) is 23.7. The topological polar surface area (TPSA) is 58.5 Å². The third-order valence-electron chi connectivity index (χ3n) is 2.68. The maximum atomic E-state index is 12.0. The lowest BCUT2D eigenvalue weighted by Gasteiger charge is -2.13. The number of rotatable bonds is 5. The number of carbonyl (C=O) groups excluding carboxylic acids is 1. The fraction of sp³-hybridized carbons (Fsp3) is 0.214. The molecule has 0 bridgehead atoms. The molecular weight excluding hydrogens is 260 g/mol. The van der Waals surface area contributed by atoms with Crippen molar-refractivity contribution in [2.75, 3.05) is 0 Å². The quantitative estimate of drug-likeness (QED) is 0.848. The Morgan fingerprint density at radius 3 is 2.89 bits per heavy atom. The number of hydrogen-bond acceptors (Lipinski definition) is 4. The average Bonchev–Trinajstić information content (AvgIpc) is 2.91. The normalized spacial score (nSPS) is 11.8. The van der Waals surface area contributed by atoms with Gasteiger partial charge in [-0.2, -0.15) is 0 Å². The number of hydrogen-bond donors (Lipinski definition) is 1. The first-order chi connectivity index (χ1) is 9.19. The van der Waals surface area contributed by atoms with Crippen LogP contribution in [-0.2, 0) is 6.42 Å². The van der Waals surface area contributed by atoms with Crippen LogP contribution in [-0.4, -0.2) is 11.9 Å². The van der Waals surface area contributed by atoms with Gasteiger partial charge >= 0.3 is 0 Å². The van der Waals surface area contributed by atoms with Gasteiger partial charge in [0.05, 0.1) is 0 Å². The lowest BCUT2D eigenvalue weighted by atomic mass is 10.1. The van der Waals surface area contributed by atoms with Crippen LogP contribution in [0.4, 0.5) is 5.69 Å². The van der Waals surface area contributed by atoms with E-state index in [4.69, 9.17) is 0 Å². The van der Waals surface area contributed by atoms with Gasteiger partial charge in [-0.15, -0.1) is 16.2 Å². The van der Waals surface area contributed by atoms with Crippen LogP contribution in [0.15, 0.2) is 47.0 Å². The minimum atomic E-state index is -0.186. The molecule has 0 saturated carbocycles. The molecule has 1 aromatic carbocycles. The standard InChI is InChI=1S/C14H14N2O2S/c1-10(8-13-6-3-7-19-13)15-14(17)11-4-2-5-12(9-11)16-18/h2-7,9-10H,8H2,1H3,(H,15,17)/t10-/m1/s1. The maximum Gasteiger partial charge on any atom is 0.251 e. The SMILES string of the molecule is C[C@H](Cc1cccs1)NC(=O)c1cccc(N=O)c1. The zero-order valence-corrected chi connectivity index (χ0v) is 11.3. The van der Waals surface area contributed by atoms with Gasteiger partial charge in [-0.3, -0.25) is 4.79 Å². The van der Waals surface area contributed by atoms with Crippen molar-refractivity contribution in [1.29, 1.82) is 0 Å². The van der Waals surface area contributed by atoms with Gasteiger partial charge in [0.1, 0.15) is 5.69 Å². The minimum Gasteiger partial charge on any atom is -0.349 e. The summed E-state index contributed by atoms with van der Waals surface area (Å²) in [6.07, 6.45) is 0.801. The fourth-order valence-electron chi connectivity index (χ4n) is 1.79. The fourth-order valence-corrected chi connectivity index (χ4v) is 2.63. The van der Waals surface area contributed by atoms with E-state index >= 15 is 0 Å². The first-order valence-corrected chi connectivity index (χ1v) is 6.83. The molecule has 0 fully saturated rings. The Morgan fingerprint density at radius 1 is 1.37 bits per heavy atom. The third kappa shape index (κ3) is 3.72. The highest BCUT2D eigenvalue weighted by molar-refractivity contribution is 7.09. The summed E-state index contributed by atoms with van der Waals surface area (Å²) in [5, 5.41) is 7.75. The molecular formula is C14H14N2O2S. The summed E-state index contributed by atoms with van der Waals surface area (Å²) >= 11 is 1.67. The lowest BCUT2D eigenvalue weighted by Crippen LogP contribution is -2.33. The molecule has 1 N–H and O–H groups in total. The second-order valence-electron chi connectivity index (χ2n) is 4.30. The van der Waals surface area contributed by atoms with Gasteiger partial charge in [-0.1, -0.05) is 12.1 Å². The van der Waals surface area contributed by atoms with Crippen LogP contribution in [0.5, 0.6) is 0 Å². The number of amides is 1. The van der Waals surface area contributed by atoms with E-state index in [-0.39, 0.29) is 17.6 Å². The second-order valence-corrected chi connectivity index (χ2v) is 5.33. The van der Waals surface area contributed by atoms with Crippen LogP contribution >= 0.6 is 11.3 Å². The van der Waals surface area contributed by atoms with Gasteiger partial charge < -0.3 is 5.32 Å². The number of nitrogens with zero attached hydrogens (tertiary/aromatic N) is 1. The van der Waals surface area contributed by atoms with Crippen molar-refractivity contribution in [3.8, 4) is 0 Å². The van der Waals surface area contributed by atoms with Crippen molar-refractivity contribution in [2.45, 2.75) is 19.4 Å². The van der Waals surface area contributed by atoms with Crippen molar-refractivity contribution in [1.82, 2.24) is 5.32 Å². The molecule has 0 radical (unpaired) electrons. The number of thiophene rings is 1. The number of carbonyl (C=O) groups is 1. The van der Waals surface area contributed by atoms with E-state index < -0.39 is 0 Å². The highest BCUT2D eigenvalue weighted by atomic mass is 32.1. The first kappa shape index (κ1) is 13.4. The lowest BCUT2D eigenvalue weighted by molar-refractivity contribution is 0.0940. The van der Waals surface area contributed by atoms with Crippen LogP contribution < -0.4 is 5.32 Å². The molecule has 0 unspecified atom stereocenters. The van der Waals surface area contributed by atoms with Crippen LogP contribution in [0.2, 0.25) is 0 Å². The highest BCUT2D eigenvalue weighted by Crippen LogP contribution is 2.14. The molecule has 0 aliphatic heterocycles. The molecule has 5 heteroatoms. The van der Waals surface area contributed by atoms with Crippen molar-refractivity contribution in [2.24, 2.45) is 5.18 Å². The molecule has 2 rings (SSSR count). The Balaban J connectivity index is 1.98. The van der Waals surface area contributed by atoms with Crippen molar-refractivity contribution >= 4 is 22.9 Å². The predicted octanol–water partition coefficient (Wildman–Crippen LogP) is 3.51. The van der Waals surface area contributed by atoms with Gasteiger partial charge in [0.2, 0.25) is 0 Å². The van der Waals surface area contributed by atoms with E-state index in [2.05, 4.69) is 10.5 Å². The van der Waals surface area contributed by atoms with E-state index in [9.17, 15) is 9.70 Å². The molecule has 1 amide bonds. The average molecular weight is 274 g/mol. The van der Waals surface area contributed by atoms with Crippen LogP contribution in [0, 0.1) is 4.91 Å². The Bertz CT molecular complexity index is 567. The van der Waals surface area contributed by atoms with Gasteiger partial charge in [-0.05, 0) is 41.7 Å². The van der Waals surface area contributed by atoms with Gasteiger partial charge in [0, 0.05) is 22.9 Å². The van der Waals surface area contributed by atoms with E-state index in [1.807, 2.05) is 24.4 Å². The van der Waals surface area contributed by atoms with E-state index in [0.717, 1.165) is 6.42 Å². The monoisotopic (exact) mass is 274 g/mol. The molecule has 1 heterocycles. The Hall–Kier alpha value is -2.01. The number of benzene rings is 1. The van der Waals surface area contributed by atoms with E-state index in [1.165, 1.54) is 10.9 Å². The maximum absolute atomic E-state index is 12.0. The molecule has 2 aromatic rings. The molecule has 1 aromatic heterocycles. The molecule has 1 atom stereocenters. The molecule has 98 valence electrons. The summed E-state index contributed by atoms with van der Waals surface area (Å²) < 4.78 is 0. The van der Waals surface area contributed by atoms with Crippen LogP contribution in [0.25, 0.3) is 0 Å². The second kappa shape index (κ2) is 6.24. The number of nitroso groups, excluding NO2 is 1.